The maximum Gasteiger partial charge on any atom is 0.199 e. The van der Waals surface area contributed by atoms with Crippen LogP contribution < -0.4 is 10.4 Å². The molecular formula is C28H48N2O3. The number of quaternary nitrogens is 1. The molecule has 0 saturated carbocycles. The molecule has 0 saturated heterocycles. The Bertz CT molecular complexity index is 763. The molecule has 1 aliphatic rings. The van der Waals surface area contributed by atoms with Gasteiger partial charge in [-0.15, -0.1) is 0 Å². The summed E-state index contributed by atoms with van der Waals surface area (Å²) in [6.45, 7) is 14.7. The molecule has 0 bridgehead atoms. The Balaban J connectivity index is 0.000000349. The van der Waals surface area contributed by atoms with Crippen LogP contribution in [0.25, 0.3) is 0 Å². The predicted molar refractivity (Wildman–Crippen MR) is 136 cm³/mol. The van der Waals surface area contributed by atoms with E-state index in [1.807, 2.05) is 6.92 Å². The standard InChI is InChI=1S/C16H24N2O.C12H24O2/c1-10-8-13(16(3,4)5)15(19)11(2)12(10)9-14-17-6-7-18-14;1-2-3-4-5-6-7-8-9-10-11-12(13)14/h8,19H,6-7,9H2,1-5H3,(H,17,18);2-11H2,1H3,(H,13,14). The lowest BCUT2D eigenvalue weighted by molar-refractivity contribution is -0.529. The summed E-state index contributed by atoms with van der Waals surface area (Å²) >= 11 is 0. The molecule has 1 aliphatic heterocycles. The van der Waals surface area contributed by atoms with Gasteiger partial charge in [-0.1, -0.05) is 85.1 Å². The Kier molecular flexibility index (Phi) is 13.3. The first-order valence-electron chi connectivity index (χ1n) is 13.0. The smallest absolute Gasteiger partial charge is 0.199 e. The summed E-state index contributed by atoms with van der Waals surface area (Å²) in [4.78, 5) is 14.6. The Morgan fingerprint density at radius 2 is 1.64 bits per heavy atom. The van der Waals surface area contributed by atoms with Crippen LogP contribution in [0.3, 0.4) is 0 Å². The number of hydrogen-bond acceptors (Lipinski definition) is 4. The van der Waals surface area contributed by atoms with Gasteiger partial charge in [-0.3, -0.25) is 5.32 Å². The van der Waals surface area contributed by atoms with Crippen molar-refractivity contribution in [1.29, 1.82) is 0 Å². The molecule has 5 heteroatoms. The third-order valence-corrected chi connectivity index (χ3v) is 6.37. The van der Waals surface area contributed by atoms with Crippen LogP contribution in [0.1, 0.15) is 114 Å². The summed E-state index contributed by atoms with van der Waals surface area (Å²) in [6, 6.07) is 2.13. The Morgan fingerprint density at radius 3 is 2.12 bits per heavy atom. The van der Waals surface area contributed by atoms with Crippen LogP contribution in [-0.2, 0) is 16.6 Å². The van der Waals surface area contributed by atoms with Crippen molar-refractivity contribution < 1.29 is 20.3 Å². The molecule has 5 nitrogen and oxygen atoms in total. The molecule has 0 amide bonds. The van der Waals surface area contributed by atoms with E-state index in [-0.39, 0.29) is 11.8 Å². The van der Waals surface area contributed by atoms with Gasteiger partial charge in [0.1, 0.15) is 12.3 Å². The van der Waals surface area contributed by atoms with E-state index in [9.17, 15) is 15.0 Å². The van der Waals surface area contributed by atoms with Crippen LogP contribution in [0.4, 0.5) is 0 Å². The molecule has 0 atom stereocenters. The molecule has 2 rings (SSSR count). The van der Waals surface area contributed by atoms with Crippen molar-refractivity contribution in [2.45, 2.75) is 118 Å². The van der Waals surface area contributed by atoms with Gasteiger partial charge >= 0.3 is 0 Å². The van der Waals surface area contributed by atoms with E-state index in [1.165, 1.54) is 56.1 Å². The number of hydrogen-bond donors (Lipinski definition) is 2. The van der Waals surface area contributed by atoms with Gasteiger partial charge in [0.25, 0.3) is 0 Å². The van der Waals surface area contributed by atoms with Crippen molar-refractivity contribution >= 4 is 11.8 Å². The molecule has 0 radical (unpaired) electrons. The molecule has 33 heavy (non-hydrogen) atoms. The maximum absolute atomic E-state index is 10.5. The predicted octanol–water partition coefficient (Wildman–Crippen LogP) is 4.48. The summed E-state index contributed by atoms with van der Waals surface area (Å²) in [7, 11) is 0. The number of aliphatic carboxylic acids is 1. The monoisotopic (exact) mass is 460 g/mol. The van der Waals surface area contributed by atoms with Gasteiger partial charge < -0.3 is 15.0 Å². The van der Waals surface area contributed by atoms with Crippen molar-refractivity contribution in [2.75, 3.05) is 13.1 Å². The minimum absolute atomic E-state index is 0.0326. The Morgan fingerprint density at radius 1 is 1.06 bits per heavy atom. The number of nitrogens with two attached hydrogens (primary N) is 1. The first kappa shape index (κ1) is 29.2. The lowest BCUT2D eigenvalue weighted by Crippen LogP contribution is -2.86. The van der Waals surface area contributed by atoms with Crippen molar-refractivity contribution in [1.82, 2.24) is 0 Å². The van der Waals surface area contributed by atoms with Crippen LogP contribution in [0.2, 0.25) is 0 Å². The number of unbranched alkanes of at least 4 members (excludes halogenated alkanes) is 8. The lowest BCUT2D eigenvalue weighted by Gasteiger charge is -2.24. The van der Waals surface area contributed by atoms with Crippen LogP contribution in [-0.4, -0.2) is 30.0 Å². The fourth-order valence-electron chi connectivity index (χ4n) is 4.25. The highest BCUT2D eigenvalue weighted by Gasteiger charge is 2.23. The second-order valence-electron chi connectivity index (χ2n) is 10.4. The Hall–Kier alpha value is -1.88. The minimum atomic E-state index is -0.909. The second-order valence-corrected chi connectivity index (χ2v) is 10.4. The summed E-state index contributed by atoms with van der Waals surface area (Å²) in [5.41, 5.74) is 4.48. The van der Waals surface area contributed by atoms with Gasteiger partial charge in [0.15, 0.2) is 5.84 Å². The summed E-state index contributed by atoms with van der Waals surface area (Å²) in [5, 5.41) is 22.8. The van der Waals surface area contributed by atoms with E-state index >= 15 is 0 Å². The molecule has 188 valence electrons. The number of carboxylic acids is 1. The molecule has 0 spiro atoms. The Labute approximate surface area is 202 Å². The second kappa shape index (κ2) is 15.1. The third kappa shape index (κ3) is 11.2. The van der Waals surface area contributed by atoms with Crippen molar-refractivity contribution in [2.24, 2.45) is 4.99 Å². The van der Waals surface area contributed by atoms with Crippen LogP contribution >= 0.6 is 0 Å². The third-order valence-electron chi connectivity index (χ3n) is 6.37. The van der Waals surface area contributed by atoms with Crippen LogP contribution in [0.15, 0.2) is 11.1 Å². The number of phenols is 1. The van der Waals surface area contributed by atoms with E-state index in [4.69, 9.17) is 0 Å². The molecular weight excluding hydrogens is 412 g/mol. The zero-order valence-electron chi connectivity index (χ0n) is 22.1. The van der Waals surface area contributed by atoms with Gasteiger partial charge in [-0.2, -0.15) is 0 Å². The number of rotatable bonds is 12. The van der Waals surface area contributed by atoms with E-state index in [1.54, 1.807) is 0 Å². The first-order valence-corrected chi connectivity index (χ1v) is 13.0. The number of carboxylic acid groups (broad SMARTS) is 1. The van der Waals surface area contributed by atoms with E-state index in [2.05, 4.69) is 51.0 Å². The van der Waals surface area contributed by atoms with E-state index in [0.29, 0.717) is 5.75 Å². The van der Waals surface area contributed by atoms with Gasteiger partial charge in [0.05, 0.1) is 13.0 Å². The highest BCUT2D eigenvalue weighted by molar-refractivity contribution is 5.77. The summed E-state index contributed by atoms with van der Waals surface area (Å²) < 4.78 is 0. The molecule has 3 N–H and O–H groups in total. The molecule has 0 aliphatic carbocycles. The first-order chi connectivity index (χ1) is 15.6. The van der Waals surface area contributed by atoms with Gasteiger partial charge in [-0.05, 0) is 54.4 Å². The number of nitrogens with zero attached hydrogens (tertiary/aromatic N) is 1. The van der Waals surface area contributed by atoms with Crippen LogP contribution in [0.5, 0.6) is 5.75 Å². The number of aromatic hydroxyl groups is 1. The average Bonchev–Trinajstić information content (AvgIpc) is 3.25. The number of phenolic OH excluding ortho intramolecular Hbond substituents is 1. The van der Waals surface area contributed by atoms with Crippen molar-refractivity contribution in [3.63, 3.8) is 0 Å². The van der Waals surface area contributed by atoms with Gasteiger partial charge in [0, 0.05) is 5.97 Å². The highest BCUT2D eigenvalue weighted by atomic mass is 16.4. The zero-order chi connectivity index (χ0) is 24.9. The summed E-state index contributed by atoms with van der Waals surface area (Å²) in [6.07, 6.45) is 12.0. The number of carbonyl (C=O) groups excluding carboxylic acids is 1. The molecule has 1 aromatic rings. The number of aryl methyl sites for hydroxylation is 1. The number of benzene rings is 1. The van der Waals surface area contributed by atoms with E-state index < -0.39 is 5.97 Å². The molecule has 0 aromatic heterocycles. The van der Waals surface area contributed by atoms with Gasteiger partial charge in [0.2, 0.25) is 0 Å². The maximum atomic E-state index is 10.5. The fraction of sp³-hybridized carbons (Fsp3) is 0.714. The average molecular weight is 461 g/mol. The van der Waals surface area contributed by atoms with Crippen molar-refractivity contribution in [3.8, 4) is 5.75 Å². The zero-order valence-corrected chi connectivity index (χ0v) is 22.1. The largest absolute Gasteiger partial charge is 0.550 e. The van der Waals surface area contributed by atoms with E-state index in [0.717, 1.165) is 49.3 Å². The quantitative estimate of drug-likeness (QED) is 0.451. The van der Waals surface area contributed by atoms with Gasteiger partial charge in [-0.25, -0.2) is 4.99 Å². The number of amidine groups is 1. The normalized spacial score (nSPS) is 13.5. The highest BCUT2D eigenvalue weighted by Crippen LogP contribution is 2.36. The fourth-order valence-corrected chi connectivity index (χ4v) is 4.25. The lowest BCUT2D eigenvalue weighted by atomic mass is 9.82. The molecule has 0 unspecified atom stereocenters. The van der Waals surface area contributed by atoms with Crippen LogP contribution in [0, 0.1) is 13.8 Å². The molecule has 0 fully saturated rings. The number of carbonyl (C=O) groups is 1. The summed E-state index contributed by atoms with van der Waals surface area (Å²) in [5.74, 6) is 0.703. The SMILES string of the molecule is CCCCCCCCCCCC(=O)[O-].Cc1cc(C(C)(C)C)c(O)c(C)c1CC1=NCC[NH2+]1. The molecule has 1 heterocycles. The molecule has 1 aromatic carbocycles. The topological polar surface area (TPSA) is 89.3 Å². The minimum Gasteiger partial charge on any atom is -0.550 e. The van der Waals surface area contributed by atoms with Crippen molar-refractivity contribution in [3.05, 3.63) is 28.3 Å². The number of aliphatic imine (C=N–C) groups is 1.